The third-order valence-electron chi connectivity index (χ3n) is 5.50. The van der Waals surface area contributed by atoms with Crippen LogP contribution in [0.1, 0.15) is 78.1 Å². The van der Waals surface area contributed by atoms with Crippen LogP contribution in [0.2, 0.25) is 0 Å². The third-order valence-corrected chi connectivity index (χ3v) is 5.50. The SMILES string of the molecule is CCC1CCCC(C2CCCCC2CC)C1. The largest absolute Gasteiger partial charge is 0.0651 e. The van der Waals surface area contributed by atoms with E-state index in [9.17, 15) is 0 Å². The van der Waals surface area contributed by atoms with E-state index < -0.39 is 0 Å². The third kappa shape index (κ3) is 2.81. The Kier molecular flexibility index (Phi) is 4.73. The van der Waals surface area contributed by atoms with Crippen molar-refractivity contribution < 1.29 is 0 Å². The molecule has 0 heterocycles. The molecule has 0 aromatic rings. The maximum atomic E-state index is 2.42. The minimum Gasteiger partial charge on any atom is -0.0651 e. The first kappa shape index (κ1) is 12.5. The van der Waals surface area contributed by atoms with Crippen molar-refractivity contribution in [1.29, 1.82) is 0 Å². The Hall–Kier alpha value is 0. The molecule has 4 atom stereocenters. The molecule has 0 aliphatic heterocycles. The van der Waals surface area contributed by atoms with Gasteiger partial charge >= 0.3 is 0 Å². The van der Waals surface area contributed by atoms with Crippen LogP contribution in [-0.2, 0) is 0 Å². The van der Waals surface area contributed by atoms with Crippen LogP contribution in [0.15, 0.2) is 0 Å². The molecule has 16 heavy (non-hydrogen) atoms. The fourth-order valence-electron chi connectivity index (χ4n) is 4.46. The number of rotatable bonds is 3. The van der Waals surface area contributed by atoms with Gasteiger partial charge in [0.25, 0.3) is 0 Å². The second-order valence-electron chi connectivity index (χ2n) is 6.32. The zero-order chi connectivity index (χ0) is 11.4. The fourth-order valence-corrected chi connectivity index (χ4v) is 4.46. The first-order valence-electron chi connectivity index (χ1n) is 7.85. The fraction of sp³-hybridized carbons (Fsp3) is 1.00. The minimum atomic E-state index is 1.07. The molecule has 2 aliphatic rings. The smallest absolute Gasteiger partial charge is 0.0357 e. The molecule has 0 aromatic heterocycles. The van der Waals surface area contributed by atoms with Crippen LogP contribution < -0.4 is 0 Å². The molecule has 94 valence electrons. The van der Waals surface area contributed by atoms with Gasteiger partial charge in [-0.3, -0.25) is 0 Å². The van der Waals surface area contributed by atoms with Crippen molar-refractivity contribution in [2.75, 3.05) is 0 Å². The Labute approximate surface area is 102 Å². The van der Waals surface area contributed by atoms with E-state index in [1.165, 1.54) is 44.9 Å². The van der Waals surface area contributed by atoms with Gasteiger partial charge in [-0.1, -0.05) is 65.2 Å². The Bertz CT molecular complexity index is 196. The molecule has 0 amide bonds. The molecule has 4 unspecified atom stereocenters. The predicted molar refractivity (Wildman–Crippen MR) is 71.5 cm³/mol. The van der Waals surface area contributed by atoms with Crippen LogP contribution >= 0.6 is 0 Å². The maximum Gasteiger partial charge on any atom is -0.0357 e. The molecular weight excluding hydrogens is 192 g/mol. The summed E-state index contributed by atoms with van der Waals surface area (Å²) in [5, 5.41) is 0. The molecular formula is C16H30. The predicted octanol–water partition coefficient (Wildman–Crippen LogP) is 5.42. The summed E-state index contributed by atoms with van der Waals surface area (Å²) in [7, 11) is 0. The molecule has 2 saturated carbocycles. The molecule has 2 rings (SSSR count). The van der Waals surface area contributed by atoms with Gasteiger partial charge in [-0.2, -0.15) is 0 Å². The van der Waals surface area contributed by atoms with Gasteiger partial charge in [0.05, 0.1) is 0 Å². The number of hydrogen-bond donors (Lipinski definition) is 0. The topological polar surface area (TPSA) is 0 Å². The highest BCUT2D eigenvalue weighted by atomic mass is 14.4. The molecule has 0 N–H and O–H groups in total. The quantitative estimate of drug-likeness (QED) is 0.598. The highest BCUT2D eigenvalue weighted by molar-refractivity contribution is 4.84. The van der Waals surface area contributed by atoms with Crippen LogP contribution in [0.25, 0.3) is 0 Å². The average molecular weight is 222 g/mol. The van der Waals surface area contributed by atoms with Crippen LogP contribution in [0.4, 0.5) is 0 Å². The summed E-state index contributed by atoms with van der Waals surface area (Å²) < 4.78 is 0. The van der Waals surface area contributed by atoms with Gasteiger partial charge in [-0.25, -0.2) is 0 Å². The summed E-state index contributed by atoms with van der Waals surface area (Å²) in [6.07, 6.45) is 15.2. The van der Waals surface area contributed by atoms with E-state index in [0.717, 1.165) is 23.7 Å². The Morgan fingerprint density at radius 1 is 0.812 bits per heavy atom. The molecule has 0 saturated heterocycles. The van der Waals surface area contributed by atoms with Crippen LogP contribution in [0, 0.1) is 23.7 Å². The van der Waals surface area contributed by atoms with E-state index in [2.05, 4.69) is 13.8 Å². The summed E-state index contributed by atoms with van der Waals surface area (Å²) >= 11 is 0. The van der Waals surface area contributed by atoms with Crippen molar-refractivity contribution in [3.8, 4) is 0 Å². The summed E-state index contributed by atoms with van der Waals surface area (Å²) in [4.78, 5) is 0. The van der Waals surface area contributed by atoms with E-state index in [0.29, 0.717) is 0 Å². The van der Waals surface area contributed by atoms with Gasteiger partial charge in [0, 0.05) is 0 Å². The second kappa shape index (κ2) is 6.07. The van der Waals surface area contributed by atoms with Gasteiger partial charge in [-0.15, -0.1) is 0 Å². The molecule has 0 nitrogen and oxygen atoms in total. The zero-order valence-corrected chi connectivity index (χ0v) is 11.4. The summed E-state index contributed by atoms with van der Waals surface area (Å²) in [6.45, 7) is 4.81. The Balaban J connectivity index is 1.93. The molecule has 0 spiro atoms. The van der Waals surface area contributed by atoms with E-state index >= 15 is 0 Å². The van der Waals surface area contributed by atoms with Crippen LogP contribution in [0.3, 0.4) is 0 Å². The second-order valence-corrected chi connectivity index (χ2v) is 6.32. The highest BCUT2D eigenvalue weighted by Crippen LogP contribution is 2.44. The summed E-state index contributed by atoms with van der Waals surface area (Å²) in [6, 6.07) is 0. The molecule has 0 heteroatoms. The lowest BCUT2D eigenvalue weighted by atomic mass is 9.65. The zero-order valence-electron chi connectivity index (χ0n) is 11.4. The lowest BCUT2D eigenvalue weighted by Gasteiger charge is -2.40. The van der Waals surface area contributed by atoms with Crippen molar-refractivity contribution in [3.63, 3.8) is 0 Å². The van der Waals surface area contributed by atoms with Crippen LogP contribution in [0.5, 0.6) is 0 Å². The van der Waals surface area contributed by atoms with E-state index in [-0.39, 0.29) is 0 Å². The Morgan fingerprint density at radius 2 is 1.62 bits per heavy atom. The summed E-state index contributed by atoms with van der Waals surface area (Å²) in [5.74, 6) is 4.35. The molecule has 0 bridgehead atoms. The molecule has 2 fully saturated rings. The van der Waals surface area contributed by atoms with Crippen molar-refractivity contribution in [3.05, 3.63) is 0 Å². The van der Waals surface area contributed by atoms with Gasteiger partial charge < -0.3 is 0 Å². The van der Waals surface area contributed by atoms with E-state index in [1.807, 2.05) is 0 Å². The minimum absolute atomic E-state index is 1.07. The van der Waals surface area contributed by atoms with Crippen molar-refractivity contribution in [2.24, 2.45) is 23.7 Å². The molecule has 0 aromatic carbocycles. The monoisotopic (exact) mass is 222 g/mol. The van der Waals surface area contributed by atoms with E-state index in [4.69, 9.17) is 0 Å². The van der Waals surface area contributed by atoms with E-state index in [1.54, 1.807) is 19.3 Å². The lowest BCUT2D eigenvalue weighted by molar-refractivity contribution is 0.103. The standard InChI is InChI=1S/C16H30/c1-3-13-8-7-10-15(12-13)16-11-6-5-9-14(16)4-2/h13-16H,3-12H2,1-2H3. The average Bonchev–Trinajstić information content (AvgIpc) is 2.38. The van der Waals surface area contributed by atoms with Crippen molar-refractivity contribution >= 4 is 0 Å². The summed E-state index contributed by atoms with van der Waals surface area (Å²) in [5.41, 5.74) is 0. The first-order chi connectivity index (χ1) is 7.85. The van der Waals surface area contributed by atoms with Gasteiger partial charge in [0.1, 0.15) is 0 Å². The van der Waals surface area contributed by atoms with Crippen molar-refractivity contribution in [1.82, 2.24) is 0 Å². The lowest BCUT2D eigenvalue weighted by Crippen LogP contribution is -2.30. The normalized spacial score (nSPS) is 40.9. The van der Waals surface area contributed by atoms with Gasteiger partial charge in [-0.05, 0) is 36.5 Å². The first-order valence-corrected chi connectivity index (χ1v) is 7.85. The van der Waals surface area contributed by atoms with Crippen molar-refractivity contribution in [2.45, 2.75) is 78.1 Å². The highest BCUT2D eigenvalue weighted by Gasteiger charge is 2.33. The Morgan fingerprint density at radius 3 is 2.38 bits per heavy atom. The molecule has 2 aliphatic carbocycles. The number of hydrogen-bond acceptors (Lipinski definition) is 0. The van der Waals surface area contributed by atoms with Gasteiger partial charge in [0.2, 0.25) is 0 Å². The maximum absolute atomic E-state index is 2.42. The van der Waals surface area contributed by atoms with Gasteiger partial charge in [0.15, 0.2) is 0 Å². The van der Waals surface area contributed by atoms with Crippen LogP contribution in [-0.4, -0.2) is 0 Å². The molecule has 0 radical (unpaired) electrons.